The molecule has 2 amide bonds. The minimum Gasteiger partial charge on any atom is -0.481 e. The summed E-state index contributed by atoms with van der Waals surface area (Å²) in [5.41, 5.74) is 2.93. The van der Waals surface area contributed by atoms with Crippen LogP contribution in [0.4, 0.5) is 10.6 Å². The Morgan fingerprint density at radius 1 is 1.30 bits per heavy atom. The summed E-state index contributed by atoms with van der Waals surface area (Å²) in [6.07, 6.45) is 7.10. The molecule has 0 radical (unpaired) electrons. The predicted octanol–water partition coefficient (Wildman–Crippen LogP) is 1.71. The molecule has 2 aromatic rings. The van der Waals surface area contributed by atoms with Gasteiger partial charge >= 0.3 is 12.0 Å². The summed E-state index contributed by atoms with van der Waals surface area (Å²) in [6, 6.07) is 4.14. The van der Waals surface area contributed by atoms with Crippen LogP contribution in [-0.2, 0) is 24.7 Å². The maximum Gasteiger partial charge on any atom is 0.320 e. The number of carboxylic acids is 1. The Balaban J connectivity index is 1.29. The molecule has 2 aliphatic heterocycles. The van der Waals surface area contributed by atoms with Crippen molar-refractivity contribution in [3.8, 4) is 0 Å². The number of carbonyl (C=O) groups excluding carboxylic acids is 1. The molecule has 0 bridgehead atoms. The van der Waals surface area contributed by atoms with Gasteiger partial charge in [0.1, 0.15) is 11.7 Å². The highest BCUT2D eigenvalue weighted by Gasteiger charge is 2.33. The molecule has 0 aromatic carbocycles. The molecule has 9 heteroatoms. The fourth-order valence-corrected chi connectivity index (χ4v) is 4.14. The lowest BCUT2D eigenvalue weighted by atomic mass is 10.0. The van der Waals surface area contributed by atoms with E-state index in [-0.39, 0.29) is 12.6 Å². The van der Waals surface area contributed by atoms with E-state index in [1.807, 2.05) is 0 Å². The largest absolute Gasteiger partial charge is 0.481 e. The monoisotopic (exact) mass is 412 g/mol. The first-order chi connectivity index (χ1) is 14.5. The van der Waals surface area contributed by atoms with Gasteiger partial charge in [0.05, 0.1) is 6.20 Å². The summed E-state index contributed by atoms with van der Waals surface area (Å²) in [5.74, 6) is -0.714. The molecule has 2 N–H and O–H groups in total. The third kappa shape index (κ3) is 4.39. The maximum atomic E-state index is 12.7. The second kappa shape index (κ2) is 8.73. The molecule has 9 nitrogen and oxygen atoms in total. The molecular formula is C21H28N6O3. The van der Waals surface area contributed by atoms with E-state index in [0.29, 0.717) is 25.2 Å². The number of hydrogen-bond acceptors (Lipinski definition) is 5. The van der Waals surface area contributed by atoms with Gasteiger partial charge in [-0.25, -0.2) is 9.78 Å². The number of aliphatic carboxylic acids is 1. The molecule has 1 saturated heterocycles. The minimum absolute atomic E-state index is 0.0924. The van der Waals surface area contributed by atoms with Gasteiger partial charge in [-0.15, -0.1) is 0 Å². The Labute approximate surface area is 175 Å². The number of anilines is 1. The molecule has 1 atom stereocenters. The first-order valence-corrected chi connectivity index (χ1v) is 10.5. The fourth-order valence-electron chi connectivity index (χ4n) is 4.14. The molecule has 0 spiro atoms. The second-order valence-corrected chi connectivity index (χ2v) is 8.00. The number of urea groups is 1. The molecule has 0 aliphatic carbocycles. The van der Waals surface area contributed by atoms with Crippen molar-refractivity contribution < 1.29 is 14.7 Å². The number of fused-ring (bicyclic) bond motifs is 1. The van der Waals surface area contributed by atoms with E-state index < -0.39 is 11.9 Å². The smallest absolute Gasteiger partial charge is 0.320 e. The van der Waals surface area contributed by atoms with E-state index in [1.54, 1.807) is 33.9 Å². The number of pyridine rings is 1. The van der Waals surface area contributed by atoms with Crippen LogP contribution in [0.3, 0.4) is 0 Å². The van der Waals surface area contributed by atoms with Crippen molar-refractivity contribution in [3.05, 3.63) is 41.3 Å². The first kappa shape index (κ1) is 20.2. The Morgan fingerprint density at radius 2 is 2.13 bits per heavy atom. The SMILES string of the molecule is Cn1cc([C@H](CN2CCN(CCCc3ccc4c(n3)NCCC4)C2=O)C(=O)O)cn1. The Bertz CT molecular complexity index is 927. The number of aromatic nitrogens is 3. The van der Waals surface area contributed by atoms with Crippen LogP contribution in [-0.4, -0.2) is 74.4 Å². The average molecular weight is 412 g/mol. The highest BCUT2D eigenvalue weighted by atomic mass is 16.4. The van der Waals surface area contributed by atoms with Crippen molar-refractivity contribution in [1.29, 1.82) is 0 Å². The van der Waals surface area contributed by atoms with Gasteiger partial charge in [-0.2, -0.15) is 5.10 Å². The van der Waals surface area contributed by atoms with Gasteiger partial charge in [0.2, 0.25) is 0 Å². The van der Waals surface area contributed by atoms with E-state index >= 15 is 0 Å². The average Bonchev–Trinajstić information content (AvgIpc) is 3.31. The van der Waals surface area contributed by atoms with Crippen LogP contribution in [0.1, 0.15) is 35.6 Å². The van der Waals surface area contributed by atoms with Crippen LogP contribution in [0.2, 0.25) is 0 Å². The number of carbonyl (C=O) groups is 2. The number of amides is 2. The molecule has 0 saturated carbocycles. The van der Waals surface area contributed by atoms with Gasteiger partial charge in [0.25, 0.3) is 0 Å². The van der Waals surface area contributed by atoms with Crippen LogP contribution < -0.4 is 5.32 Å². The number of rotatable bonds is 8. The Hall–Kier alpha value is -3.10. The molecule has 4 heterocycles. The van der Waals surface area contributed by atoms with Gasteiger partial charge < -0.3 is 20.2 Å². The molecule has 1 fully saturated rings. The van der Waals surface area contributed by atoms with Crippen molar-refractivity contribution in [1.82, 2.24) is 24.6 Å². The van der Waals surface area contributed by atoms with Crippen molar-refractivity contribution >= 4 is 17.8 Å². The first-order valence-electron chi connectivity index (χ1n) is 10.5. The van der Waals surface area contributed by atoms with E-state index in [4.69, 9.17) is 4.98 Å². The highest BCUT2D eigenvalue weighted by Crippen LogP contribution is 2.22. The summed E-state index contributed by atoms with van der Waals surface area (Å²) in [7, 11) is 1.75. The molecule has 2 aromatic heterocycles. The third-order valence-corrected chi connectivity index (χ3v) is 5.82. The van der Waals surface area contributed by atoms with Gasteiger partial charge in [0.15, 0.2) is 0 Å². The molecule has 160 valence electrons. The molecule has 2 aliphatic rings. The van der Waals surface area contributed by atoms with Gasteiger partial charge in [0, 0.05) is 57.2 Å². The normalized spacial score (nSPS) is 17.0. The predicted molar refractivity (Wildman–Crippen MR) is 111 cm³/mol. The van der Waals surface area contributed by atoms with Crippen LogP contribution >= 0.6 is 0 Å². The number of aryl methyl sites for hydroxylation is 3. The van der Waals surface area contributed by atoms with Gasteiger partial charge in [-0.05, 0) is 37.3 Å². The fraction of sp³-hybridized carbons (Fsp3) is 0.524. The van der Waals surface area contributed by atoms with Crippen molar-refractivity contribution in [2.75, 3.05) is 38.0 Å². The number of hydrogen-bond donors (Lipinski definition) is 2. The summed E-state index contributed by atoms with van der Waals surface area (Å²) in [4.78, 5) is 32.6. The lowest BCUT2D eigenvalue weighted by Crippen LogP contribution is -2.36. The zero-order valence-electron chi connectivity index (χ0n) is 17.3. The Kier molecular flexibility index (Phi) is 5.87. The van der Waals surface area contributed by atoms with Crippen molar-refractivity contribution in [2.24, 2.45) is 7.05 Å². The van der Waals surface area contributed by atoms with Crippen LogP contribution in [0.5, 0.6) is 0 Å². The van der Waals surface area contributed by atoms with E-state index in [1.165, 1.54) is 5.56 Å². The lowest BCUT2D eigenvalue weighted by Gasteiger charge is -2.21. The summed E-state index contributed by atoms with van der Waals surface area (Å²) >= 11 is 0. The van der Waals surface area contributed by atoms with E-state index in [9.17, 15) is 14.7 Å². The topological polar surface area (TPSA) is 104 Å². The van der Waals surface area contributed by atoms with E-state index in [2.05, 4.69) is 22.5 Å². The van der Waals surface area contributed by atoms with Crippen molar-refractivity contribution in [3.63, 3.8) is 0 Å². The standard InChI is InChI=1S/C21H28N6O3/c1-25-13-16(12-23-25)18(20(28)29)14-27-11-10-26(21(27)30)9-3-5-17-7-6-15-4-2-8-22-19(15)24-17/h6-7,12-13,18H,2-5,8-11,14H2,1H3,(H,22,24)(H,28,29)/t18-/m0/s1. The lowest BCUT2D eigenvalue weighted by molar-refractivity contribution is -0.139. The summed E-state index contributed by atoms with van der Waals surface area (Å²) in [6.45, 7) is 2.94. The van der Waals surface area contributed by atoms with Gasteiger partial charge in [-0.1, -0.05) is 6.07 Å². The zero-order chi connectivity index (χ0) is 21.1. The van der Waals surface area contributed by atoms with Crippen molar-refractivity contribution in [2.45, 2.75) is 31.6 Å². The minimum atomic E-state index is -0.943. The molecule has 4 rings (SSSR count). The zero-order valence-corrected chi connectivity index (χ0v) is 17.3. The quantitative estimate of drug-likeness (QED) is 0.684. The van der Waals surface area contributed by atoms with Crippen LogP contribution in [0.15, 0.2) is 24.5 Å². The summed E-state index contributed by atoms with van der Waals surface area (Å²) in [5, 5.41) is 17.0. The highest BCUT2D eigenvalue weighted by molar-refractivity contribution is 5.80. The number of nitrogens with one attached hydrogen (secondary N) is 1. The van der Waals surface area contributed by atoms with Crippen LogP contribution in [0, 0.1) is 0 Å². The molecule has 30 heavy (non-hydrogen) atoms. The van der Waals surface area contributed by atoms with Crippen LogP contribution in [0.25, 0.3) is 0 Å². The maximum absolute atomic E-state index is 12.7. The number of nitrogens with zero attached hydrogens (tertiary/aromatic N) is 5. The third-order valence-electron chi connectivity index (χ3n) is 5.82. The number of carboxylic acid groups (broad SMARTS) is 1. The Morgan fingerprint density at radius 3 is 2.90 bits per heavy atom. The molecule has 0 unspecified atom stereocenters. The van der Waals surface area contributed by atoms with Gasteiger partial charge in [-0.3, -0.25) is 9.48 Å². The summed E-state index contributed by atoms with van der Waals surface area (Å²) < 4.78 is 1.58. The second-order valence-electron chi connectivity index (χ2n) is 8.00. The van der Waals surface area contributed by atoms with E-state index in [0.717, 1.165) is 43.7 Å². The molecular weight excluding hydrogens is 384 g/mol.